The number of nitrogens with zero attached hydrogens (tertiary/aromatic N) is 6. The van der Waals surface area contributed by atoms with E-state index >= 15 is 0 Å². The fourth-order valence-corrected chi connectivity index (χ4v) is 4.63. The van der Waals surface area contributed by atoms with Crippen LogP contribution in [0, 0.1) is 0 Å². The summed E-state index contributed by atoms with van der Waals surface area (Å²) in [6.45, 7) is 2.58. The highest BCUT2D eigenvalue weighted by Crippen LogP contribution is 2.37. The SMILES string of the molecule is CCOc1cc(/C=N/NC(=O)c2nnn(-c3nonc3N)c2-c2ccccc2)cc(Br)c1OCc1cccc(Cl)c1. The molecule has 12 nitrogen and oxygen atoms in total. The van der Waals surface area contributed by atoms with Crippen molar-refractivity contribution in [2.75, 3.05) is 12.3 Å². The summed E-state index contributed by atoms with van der Waals surface area (Å²) < 4.78 is 18.5. The van der Waals surface area contributed by atoms with Crippen LogP contribution in [0.4, 0.5) is 5.82 Å². The van der Waals surface area contributed by atoms with Gasteiger partial charge in [-0.25, -0.2) is 10.1 Å². The van der Waals surface area contributed by atoms with Gasteiger partial charge < -0.3 is 15.2 Å². The molecule has 0 radical (unpaired) electrons. The molecule has 0 fully saturated rings. The van der Waals surface area contributed by atoms with E-state index < -0.39 is 5.91 Å². The predicted octanol–water partition coefficient (Wildman–Crippen LogP) is 5.06. The molecule has 14 heteroatoms. The third-order valence-corrected chi connectivity index (χ3v) is 6.44. The van der Waals surface area contributed by atoms with Crippen molar-refractivity contribution < 1.29 is 18.9 Å². The summed E-state index contributed by atoms with van der Waals surface area (Å²) in [6, 6.07) is 20.0. The Hall–Kier alpha value is -4.75. The minimum atomic E-state index is -0.605. The third-order valence-electron chi connectivity index (χ3n) is 5.61. The number of hydrazone groups is 1. The number of benzene rings is 3. The Morgan fingerprint density at radius 3 is 2.71 bits per heavy atom. The van der Waals surface area contributed by atoms with Gasteiger partial charge in [-0.05, 0) is 68.6 Å². The monoisotopic (exact) mass is 636 g/mol. The molecular formula is C27H22BrClN8O4. The Kier molecular flexibility index (Phi) is 8.56. The van der Waals surface area contributed by atoms with Gasteiger partial charge in [0, 0.05) is 10.6 Å². The second-order valence-electron chi connectivity index (χ2n) is 8.42. The van der Waals surface area contributed by atoms with E-state index in [4.69, 9.17) is 31.4 Å². The second-order valence-corrected chi connectivity index (χ2v) is 9.71. The molecule has 3 N–H and O–H groups in total. The number of halogens is 2. The van der Waals surface area contributed by atoms with Crippen LogP contribution in [0.2, 0.25) is 5.02 Å². The van der Waals surface area contributed by atoms with Crippen LogP contribution in [-0.4, -0.2) is 44.0 Å². The zero-order valence-corrected chi connectivity index (χ0v) is 23.8. The molecule has 0 spiro atoms. The molecule has 208 valence electrons. The van der Waals surface area contributed by atoms with E-state index in [0.29, 0.717) is 51.0 Å². The third kappa shape index (κ3) is 6.36. The summed E-state index contributed by atoms with van der Waals surface area (Å²) in [5.41, 5.74) is 10.9. The number of hydrogen-bond acceptors (Lipinski definition) is 10. The van der Waals surface area contributed by atoms with E-state index in [-0.39, 0.29) is 17.3 Å². The summed E-state index contributed by atoms with van der Waals surface area (Å²) in [7, 11) is 0. The number of nitrogens with one attached hydrogen (secondary N) is 1. The lowest BCUT2D eigenvalue weighted by atomic mass is 10.1. The average Bonchev–Trinajstić information content (AvgIpc) is 3.59. The molecule has 0 saturated heterocycles. The van der Waals surface area contributed by atoms with Crippen LogP contribution in [0.1, 0.15) is 28.5 Å². The van der Waals surface area contributed by atoms with E-state index in [1.54, 1.807) is 30.3 Å². The topological polar surface area (TPSA) is 156 Å². The molecule has 5 rings (SSSR count). The van der Waals surface area contributed by atoms with E-state index in [9.17, 15) is 4.79 Å². The van der Waals surface area contributed by atoms with E-state index in [1.807, 2.05) is 43.3 Å². The molecule has 0 aliphatic heterocycles. The zero-order chi connectivity index (χ0) is 28.8. The number of hydrogen-bond donors (Lipinski definition) is 2. The van der Waals surface area contributed by atoms with Crippen molar-refractivity contribution in [1.29, 1.82) is 0 Å². The van der Waals surface area contributed by atoms with Crippen LogP contribution in [0.5, 0.6) is 11.5 Å². The summed E-state index contributed by atoms with van der Waals surface area (Å²) in [5, 5.41) is 20.2. The second kappa shape index (κ2) is 12.6. The van der Waals surface area contributed by atoms with Crippen LogP contribution in [0.3, 0.4) is 0 Å². The Labute approximate surface area is 247 Å². The molecule has 5 aromatic rings. The van der Waals surface area contributed by atoms with Crippen LogP contribution < -0.4 is 20.6 Å². The lowest BCUT2D eigenvalue weighted by Gasteiger charge is -2.15. The lowest BCUT2D eigenvalue weighted by molar-refractivity contribution is 0.0950. The molecular weight excluding hydrogens is 616 g/mol. The Balaban J connectivity index is 1.36. The highest BCUT2D eigenvalue weighted by Gasteiger charge is 2.25. The molecule has 0 aliphatic carbocycles. The predicted molar refractivity (Wildman–Crippen MR) is 155 cm³/mol. The maximum absolute atomic E-state index is 13.1. The average molecular weight is 638 g/mol. The van der Waals surface area contributed by atoms with E-state index in [1.165, 1.54) is 10.9 Å². The minimum absolute atomic E-state index is 0.00306. The first-order chi connectivity index (χ1) is 19.9. The van der Waals surface area contributed by atoms with E-state index in [2.05, 4.69) is 47.1 Å². The molecule has 0 saturated carbocycles. The quantitative estimate of drug-likeness (QED) is 0.158. The number of nitrogen functional groups attached to an aromatic ring is 1. The number of nitrogens with two attached hydrogens (primary N) is 1. The van der Waals surface area contributed by atoms with Crippen molar-refractivity contribution in [3.8, 4) is 28.6 Å². The van der Waals surface area contributed by atoms with Crippen molar-refractivity contribution in [2.45, 2.75) is 13.5 Å². The highest BCUT2D eigenvalue weighted by molar-refractivity contribution is 9.10. The number of aromatic nitrogens is 5. The van der Waals surface area contributed by atoms with Crippen molar-refractivity contribution in [2.24, 2.45) is 5.10 Å². The summed E-state index contributed by atoms with van der Waals surface area (Å²) in [6.07, 6.45) is 1.47. The Bertz CT molecular complexity index is 1710. The van der Waals surface area contributed by atoms with Gasteiger partial charge >= 0.3 is 0 Å². The van der Waals surface area contributed by atoms with Gasteiger partial charge in [0.1, 0.15) is 12.3 Å². The molecule has 2 heterocycles. The maximum Gasteiger partial charge on any atom is 0.294 e. The summed E-state index contributed by atoms with van der Waals surface area (Å²) in [5.74, 6) is 0.521. The van der Waals surface area contributed by atoms with Crippen LogP contribution in [0.15, 0.2) is 80.9 Å². The first-order valence-corrected chi connectivity index (χ1v) is 13.4. The Morgan fingerprint density at radius 2 is 1.98 bits per heavy atom. The molecule has 0 aliphatic rings. The first-order valence-electron chi connectivity index (χ1n) is 12.2. The number of ether oxygens (including phenoxy) is 2. The normalized spacial score (nSPS) is 11.1. The zero-order valence-electron chi connectivity index (χ0n) is 21.5. The van der Waals surface area contributed by atoms with Gasteiger partial charge in [0.25, 0.3) is 5.91 Å². The Morgan fingerprint density at radius 1 is 1.15 bits per heavy atom. The van der Waals surface area contributed by atoms with Crippen LogP contribution in [-0.2, 0) is 6.61 Å². The fraction of sp³-hybridized carbons (Fsp3) is 0.111. The van der Waals surface area contributed by atoms with E-state index in [0.717, 1.165) is 5.56 Å². The molecule has 0 bridgehead atoms. The molecule has 3 aromatic carbocycles. The number of anilines is 1. The van der Waals surface area contributed by atoms with Gasteiger partial charge in [0.2, 0.25) is 11.6 Å². The number of rotatable bonds is 10. The highest BCUT2D eigenvalue weighted by atomic mass is 79.9. The minimum Gasteiger partial charge on any atom is -0.490 e. The smallest absolute Gasteiger partial charge is 0.294 e. The maximum atomic E-state index is 13.1. The molecule has 0 atom stereocenters. The lowest BCUT2D eigenvalue weighted by Crippen LogP contribution is -2.19. The first kappa shape index (κ1) is 27.8. The van der Waals surface area contributed by atoms with Gasteiger partial charge in [-0.1, -0.05) is 59.3 Å². The fourth-order valence-electron chi connectivity index (χ4n) is 3.84. The largest absolute Gasteiger partial charge is 0.490 e. The standard InChI is InChI=1S/C27H22BrClN8O4/c1-2-39-21-13-17(12-20(28)24(21)40-15-16-7-6-10-19(29)11-16)14-31-33-27(38)22-23(18-8-4-3-5-9-18)37(36-32-22)26-25(30)34-41-35-26/h3-14H,2,15H2,1H3,(H2,30,34)(H,33,38)/b31-14+. The van der Waals surface area contributed by atoms with Crippen molar-refractivity contribution >= 4 is 45.5 Å². The van der Waals surface area contributed by atoms with Gasteiger partial charge in [-0.3, -0.25) is 4.79 Å². The molecule has 0 unspecified atom stereocenters. The summed E-state index contributed by atoms with van der Waals surface area (Å²) >= 11 is 9.63. The molecule has 2 aromatic heterocycles. The van der Waals surface area contributed by atoms with Gasteiger partial charge in [-0.2, -0.15) is 9.78 Å². The molecule has 1 amide bonds. The summed E-state index contributed by atoms with van der Waals surface area (Å²) in [4.78, 5) is 13.1. The van der Waals surface area contributed by atoms with Crippen LogP contribution in [0.25, 0.3) is 17.1 Å². The van der Waals surface area contributed by atoms with Gasteiger partial charge in [0.15, 0.2) is 17.2 Å². The van der Waals surface area contributed by atoms with Crippen LogP contribution >= 0.6 is 27.5 Å². The molecule has 41 heavy (non-hydrogen) atoms. The number of carbonyl (C=O) groups is 1. The number of amides is 1. The van der Waals surface area contributed by atoms with Crippen molar-refractivity contribution in [3.63, 3.8) is 0 Å². The van der Waals surface area contributed by atoms with Gasteiger partial charge in [-0.15, -0.1) is 5.10 Å². The van der Waals surface area contributed by atoms with Crippen molar-refractivity contribution in [1.82, 2.24) is 30.7 Å². The van der Waals surface area contributed by atoms with Crippen molar-refractivity contribution in [3.05, 3.63) is 93.0 Å². The number of carbonyl (C=O) groups excluding carboxylic acids is 1. The van der Waals surface area contributed by atoms with Gasteiger partial charge in [0.05, 0.1) is 17.3 Å².